The Balaban J connectivity index is 1.93. The lowest BCUT2D eigenvalue weighted by atomic mass is 9.82. The smallest absolute Gasteiger partial charge is 0.354 e. The molecule has 0 unspecified atom stereocenters. The predicted octanol–water partition coefficient (Wildman–Crippen LogP) is 4.34. The number of aromatic amines is 1. The van der Waals surface area contributed by atoms with Crippen molar-refractivity contribution in [2.24, 2.45) is 5.73 Å². The molecule has 3 N–H and O–H groups in total. The van der Waals surface area contributed by atoms with Crippen LogP contribution in [0.2, 0.25) is 0 Å². The van der Waals surface area contributed by atoms with E-state index in [1.165, 1.54) is 12.1 Å². The molecule has 0 radical (unpaired) electrons. The van der Waals surface area contributed by atoms with E-state index < -0.39 is 22.5 Å². The minimum atomic E-state index is -0.820. The van der Waals surface area contributed by atoms with Crippen molar-refractivity contribution in [1.82, 2.24) is 10.2 Å². The van der Waals surface area contributed by atoms with Crippen molar-refractivity contribution in [1.29, 1.82) is 5.26 Å². The average Bonchev–Trinajstić information content (AvgIpc) is 3.49. The second-order valence-electron chi connectivity index (χ2n) is 7.86. The fraction of sp³-hybridized carbons (Fsp3) is 0.261. The first-order valence-electron chi connectivity index (χ1n) is 10.6. The molecule has 3 aromatic rings. The number of allylic oxidation sites excluding steroid dienone is 1. The van der Waals surface area contributed by atoms with Crippen LogP contribution < -0.4 is 19.9 Å². The summed E-state index contributed by atoms with van der Waals surface area (Å²) in [5.74, 6) is -1.89. The summed E-state index contributed by atoms with van der Waals surface area (Å²) in [4.78, 5) is 24.3. The number of aromatic nitrogens is 2. The van der Waals surface area contributed by atoms with E-state index in [0.29, 0.717) is 16.8 Å². The van der Waals surface area contributed by atoms with Crippen LogP contribution in [-0.2, 0) is 0 Å². The first kappa shape index (κ1) is 23.8. The summed E-state index contributed by atoms with van der Waals surface area (Å²) in [6.07, 6.45) is 0. The number of H-pyrrole nitrogens is 1. The number of nitriles is 1. The molecule has 3 heterocycles. The summed E-state index contributed by atoms with van der Waals surface area (Å²) < 4.78 is 16.6. The van der Waals surface area contributed by atoms with E-state index in [1.54, 1.807) is 24.4 Å². The lowest BCUT2D eigenvalue weighted by Crippen LogP contribution is -2.22. The van der Waals surface area contributed by atoms with E-state index in [-0.39, 0.29) is 46.2 Å². The molecular formula is C23H21N5O6S. The molecule has 0 fully saturated rings. The number of thiophene rings is 1. The van der Waals surface area contributed by atoms with Gasteiger partial charge in [-0.1, -0.05) is 19.9 Å². The standard InChI is InChI=1S/C23H21N5O6S/c1-4-32-15-9-12(8-14(28(30)31)20(15)33-23(29)16-6-5-7-35-16)17-13(10-24)21(25)34-22-18(17)19(11(2)3)26-27-22/h5-9,11,17H,4,25H2,1-3H3,(H,26,27)/t17-/m1/s1. The number of nitrogens with zero attached hydrogens (tertiary/aromatic N) is 3. The number of ether oxygens (including phenoxy) is 3. The zero-order valence-corrected chi connectivity index (χ0v) is 19.8. The molecule has 35 heavy (non-hydrogen) atoms. The highest BCUT2D eigenvalue weighted by molar-refractivity contribution is 7.12. The number of esters is 1. The van der Waals surface area contributed by atoms with Crippen molar-refractivity contribution in [3.8, 4) is 23.4 Å². The molecule has 0 aliphatic carbocycles. The molecule has 0 saturated heterocycles. The number of rotatable bonds is 7. The van der Waals surface area contributed by atoms with E-state index in [4.69, 9.17) is 19.9 Å². The summed E-state index contributed by atoms with van der Waals surface area (Å²) in [7, 11) is 0. The average molecular weight is 496 g/mol. The number of benzene rings is 1. The molecule has 1 aliphatic heterocycles. The maximum absolute atomic E-state index is 12.6. The third-order valence-corrected chi connectivity index (χ3v) is 6.20. The number of nitrogens with two attached hydrogens (primary N) is 1. The number of carbonyl (C=O) groups excluding carboxylic acids is 1. The Kier molecular flexibility index (Phi) is 6.44. The van der Waals surface area contributed by atoms with Gasteiger partial charge in [0, 0.05) is 11.8 Å². The maximum Gasteiger partial charge on any atom is 0.354 e. The molecule has 2 aromatic heterocycles. The van der Waals surface area contributed by atoms with E-state index >= 15 is 0 Å². The van der Waals surface area contributed by atoms with Crippen molar-refractivity contribution in [2.75, 3.05) is 6.61 Å². The van der Waals surface area contributed by atoms with E-state index in [2.05, 4.69) is 16.3 Å². The van der Waals surface area contributed by atoms with Crippen LogP contribution in [0.25, 0.3) is 0 Å². The van der Waals surface area contributed by atoms with Gasteiger partial charge in [-0.2, -0.15) is 5.26 Å². The third-order valence-electron chi connectivity index (χ3n) is 5.35. The molecular weight excluding hydrogens is 474 g/mol. The summed E-state index contributed by atoms with van der Waals surface area (Å²) in [5.41, 5.74) is 7.17. The van der Waals surface area contributed by atoms with Gasteiger partial charge in [-0.3, -0.25) is 15.2 Å². The van der Waals surface area contributed by atoms with Crippen molar-refractivity contribution < 1.29 is 23.9 Å². The minimum Gasteiger partial charge on any atom is -0.490 e. The van der Waals surface area contributed by atoms with Gasteiger partial charge in [0.15, 0.2) is 5.75 Å². The van der Waals surface area contributed by atoms with Crippen LogP contribution in [0.15, 0.2) is 41.1 Å². The van der Waals surface area contributed by atoms with E-state index in [9.17, 15) is 20.2 Å². The Hall–Kier alpha value is -4.37. The van der Waals surface area contributed by atoms with Gasteiger partial charge < -0.3 is 19.9 Å². The van der Waals surface area contributed by atoms with Gasteiger partial charge in [0.2, 0.25) is 17.5 Å². The molecule has 180 valence electrons. The fourth-order valence-corrected chi connectivity index (χ4v) is 4.45. The van der Waals surface area contributed by atoms with Crippen molar-refractivity contribution in [3.63, 3.8) is 0 Å². The molecule has 0 saturated carbocycles. The quantitative estimate of drug-likeness (QED) is 0.210. The zero-order valence-electron chi connectivity index (χ0n) is 19.0. The topological polar surface area (TPSA) is 166 Å². The summed E-state index contributed by atoms with van der Waals surface area (Å²) in [5, 5.41) is 30.7. The lowest BCUT2D eigenvalue weighted by molar-refractivity contribution is -0.385. The molecule has 1 atom stereocenters. The number of carbonyl (C=O) groups is 1. The van der Waals surface area contributed by atoms with Crippen molar-refractivity contribution in [2.45, 2.75) is 32.6 Å². The Morgan fingerprint density at radius 1 is 1.46 bits per heavy atom. The number of nitrogens with one attached hydrogen (secondary N) is 1. The van der Waals surface area contributed by atoms with Crippen LogP contribution in [0, 0.1) is 21.4 Å². The molecule has 0 amide bonds. The highest BCUT2D eigenvalue weighted by Gasteiger charge is 2.38. The lowest BCUT2D eigenvalue weighted by Gasteiger charge is -2.25. The van der Waals surface area contributed by atoms with Crippen LogP contribution in [0.1, 0.15) is 59.1 Å². The third kappa shape index (κ3) is 4.29. The zero-order chi connectivity index (χ0) is 25.3. The second kappa shape index (κ2) is 9.47. The molecule has 4 rings (SSSR count). The molecule has 0 bridgehead atoms. The van der Waals surface area contributed by atoms with Gasteiger partial charge in [0.1, 0.15) is 16.5 Å². The maximum atomic E-state index is 12.6. The summed E-state index contributed by atoms with van der Waals surface area (Å²) in [6, 6.07) is 8.04. The number of hydrogen-bond acceptors (Lipinski definition) is 10. The SMILES string of the molecule is CCOc1cc([C@@H]2C(C#N)=C(N)Oc3n[nH]c(C(C)C)c32)cc([N+](=O)[O-])c1OC(=O)c1cccs1. The molecule has 0 spiro atoms. The number of nitro groups is 1. The molecule has 1 aliphatic rings. The van der Waals surface area contributed by atoms with E-state index in [0.717, 1.165) is 11.3 Å². The molecule has 1 aromatic carbocycles. The van der Waals surface area contributed by atoms with Crippen LogP contribution in [0.4, 0.5) is 5.69 Å². The normalized spacial score (nSPS) is 14.8. The Morgan fingerprint density at radius 2 is 2.23 bits per heavy atom. The van der Waals surface area contributed by atoms with Gasteiger partial charge >= 0.3 is 11.7 Å². The van der Waals surface area contributed by atoms with Crippen molar-refractivity contribution in [3.05, 3.63) is 72.9 Å². The Labute approximate surface area is 203 Å². The van der Waals surface area contributed by atoms with Crippen LogP contribution in [0.5, 0.6) is 17.4 Å². The van der Waals surface area contributed by atoms with Crippen LogP contribution in [-0.4, -0.2) is 27.7 Å². The van der Waals surface area contributed by atoms with Gasteiger partial charge in [0.05, 0.1) is 23.0 Å². The summed E-state index contributed by atoms with van der Waals surface area (Å²) >= 11 is 1.15. The van der Waals surface area contributed by atoms with Gasteiger partial charge in [-0.05, 0) is 35.9 Å². The number of fused-ring (bicyclic) bond motifs is 1. The molecule has 11 nitrogen and oxygen atoms in total. The van der Waals surface area contributed by atoms with Gasteiger partial charge in [-0.25, -0.2) is 4.79 Å². The fourth-order valence-electron chi connectivity index (χ4n) is 3.86. The summed E-state index contributed by atoms with van der Waals surface area (Å²) in [6.45, 7) is 5.70. The van der Waals surface area contributed by atoms with Crippen molar-refractivity contribution >= 4 is 23.0 Å². The monoisotopic (exact) mass is 495 g/mol. The second-order valence-corrected chi connectivity index (χ2v) is 8.81. The predicted molar refractivity (Wildman–Crippen MR) is 126 cm³/mol. The van der Waals surface area contributed by atoms with Gasteiger partial charge in [0.25, 0.3) is 0 Å². The molecule has 12 heteroatoms. The number of hydrogen-bond donors (Lipinski definition) is 2. The minimum absolute atomic E-state index is 0.0138. The Morgan fingerprint density at radius 3 is 2.83 bits per heavy atom. The highest BCUT2D eigenvalue weighted by atomic mass is 32.1. The van der Waals surface area contributed by atoms with Crippen LogP contribution >= 0.6 is 11.3 Å². The largest absolute Gasteiger partial charge is 0.490 e. The van der Waals surface area contributed by atoms with Crippen LogP contribution in [0.3, 0.4) is 0 Å². The number of nitro benzene ring substituents is 1. The highest BCUT2D eigenvalue weighted by Crippen LogP contribution is 2.48. The van der Waals surface area contributed by atoms with Gasteiger partial charge in [-0.15, -0.1) is 16.4 Å². The first-order chi connectivity index (χ1) is 16.8. The first-order valence-corrected chi connectivity index (χ1v) is 11.5. The van der Waals surface area contributed by atoms with E-state index in [1.807, 2.05) is 13.8 Å². The Bertz CT molecular complexity index is 1370.